The number of para-hydroxylation sites is 1. The Hall–Kier alpha value is -3.16. The molecule has 31 heavy (non-hydrogen) atoms. The van der Waals surface area contributed by atoms with Gasteiger partial charge in [-0.25, -0.2) is 9.79 Å². The number of hydrogen-bond acceptors (Lipinski definition) is 6. The van der Waals surface area contributed by atoms with Gasteiger partial charge in [0.2, 0.25) is 0 Å². The topological polar surface area (TPSA) is 66.3 Å². The minimum atomic E-state index is -0.449. The zero-order valence-electron chi connectivity index (χ0n) is 17.5. The molecule has 160 valence electrons. The summed E-state index contributed by atoms with van der Waals surface area (Å²) >= 11 is 7.84. The molecule has 0 fully saturated rings. The lowest BCUT2D eigenvalue weighted by molar-refractivity contribution is 0.0529. The molecule has 3 rings (SSSR count). The summed E-state index contributed by atoms with van der Waals surface area (Å²) in [5.41, 5.74) is 5.60. The number of nitrogens with one attached hydrogen (secondary N) is 1. The van der Waals surface area contributed by atoms with E-state index in [2.05, 4.69) is 15.5 Å². The van der Waals surface area contributed by atoms with E-state index in [9.17, 15) is 4.79 Å². The van der Waals surface area contributed by atoms with E-state index in [0.717, 1.165) is 16.1 Å². The zero-order chi connectivity index (χ0) is 22.2. The monoisotopic (exact) mass is 454 g/mol. The van der Waals surface area contributed by atoms with E-state index in [1.807, 2.05) is 62.6 Å². The van der Waals surface area contributed by atoms with Gasteiger partial charge in [0, 0.05) is 30.2 Å². The predicted molar refractivity (Wildman–Crippen MR) is 130 cm³/mol. The number of rotatable bonds is 8. The van der Waals surface area contributed by atoms with Gasteiger partial charge in [-0.15, -0.1) is 11.3 Å². The van der Waals surface area contributed by atoms with Crippen LogP contribution in [0.3, 0.4) is 0 Å². The number of esters is 1. The number of hydrogen-bond donors (Lipinski definition) is 1. The maximum atomic E-state index is 12.9. The fourth-order valence-electron chi connectivity index (χ4n) is 2.79. The smallest absolute Gasteiger partial charge is 0.341 e. The number of nitrogens with zero attached hydrogens (tertiary/aromatic N) is 3. The molecule has 0 aliphatic rings. The van der Waals surface area contributed by atoms with Crippen molar-refractivity contribution in [2.75, 3.05) is 26.1 Å². The van der Waals surface area contributed by atoms with Crippen LogP contribution in [0.15, 0.2) is 64.7 Å². The van der Waals surface area contributed by atoms with E-state index in [4.69, 9.17) is 16.3 Å². The molecule has 3 aromatic rings. The minimum absolute atomic E-state index is 0.256. The summed E-state index contributed by atoms with van der Waals surface area (Å²) in [6.07, 6.45) is 3.32. The molecule has 0 atom stereocenters. The molecule has 8 heteroatoms. The van der Waals surface area contributed by atoms with Crippen molar-refractivity contribution in [1.29, 1.82) is 0 Å². The summed E-state index contributed by atoms with van der Waals surface area (Å²) in [6, 6.07) is 17.0. The van der Waals surface area contributed by atoms with Gasteiger partial charge in [-0.3, -0.25) is 5.43 Å². The molecule has 0 unspecified atom stereocenters. The van der Waals surface area contributed by atoms with Crippen LogP contribution in [0.5, 0.6) is 0 Å². The standard InChI is InChI=1S/C23H23ClN4O2S/c1-4-30-23(29)21-20(17-12-8-9-13-18(17)24)19(31-22(21)25-15-28(2)3)14-26-27-16-10-6-5-7-11-16/h5-15,27H,4H2,1-3H3/b25-15+,26-14+. The Balaban J connectivity index is 2.14. The summed E-state index contributed by atoms with van der Waals surface area (Å²) in [6.45, 7) is 2.03. The fourth-order valence-corrected chi connectivity index (χ4v) is 4.03. The van der Waals surface area contributed by atoms with Gasteiger partial charge in [-0.05, 0) is 25.1 Å². The normalized spacial score (nSPS) is 11.2. The third-order valence-electron chi connectivity index (χ3n) is 4.09. The third kappa shape index (κ3) is 5.71. The van der Waals surface area contributed by atoms with E-state index in [1.165, 1.54) is 11.3 Å². The molecule has 0 radical (unpaired) electrons. The first-order valence-electron chi connectivity index (χ1n) is 9.64. The molecule has 0 amide bonds. The van der Waals surface area contributed by atoms with Gasteiger partial charge in [-0.1, -0.05) is 48.0 Å². The maximum absolute atomic E-state index is 12.9. The molecular weight excluding hydrogens is 432 g/mol. The lowest BCUT2D eigenvalue weighted by Gasteiger charge is -2.09. The van der Waals surface area contributed by atoms with Gasteiger partial charge in [0.25, 0.3) is 0 Å². The summed E-state index contributed by atoms with van der Waals surface area (Å²) < 4.78 is 5.34. The van der Waals surface area contributed by atoms with Crippen LogP contribution in [0.2, 0.25) is 5.02 Å². The first-order chi connectivity index (χ1) is 15.0. The van der Waals surface area contributed by atoms with Crippen molar-refractivity contribution in [2.24, 2.45) is 10.1 Å². The van der Waals surface area contributed by atoms with Crippen LogP contribution in [0.1, 0.15) is 22.2 Å². The summed E-state index contributed by atoms with van der Waals surface area (Å²) in [7, 11) is 3.73. The number of carbonyl (C=O) groups excluding carboxylic acids is 1. The van der Waals surface area contributed by atoms with Crippen LogP contribution in [-0.2, 0) is 4.74 Å². The van der Waals surface area contributed by atoms with Crippen LogP contribution in [-0.4, -0.2) is 44.1 Å². The number of benzene rings is 2. The second kappa shape index (κ2) is 10.7. The number of carbonyl (C=O) groups is 1. The highest BCUT2D eigenvalue weighted by Gasteiger charge is 2.26. The van der Waals surface area contributed by atoms with E-state index < -0.39 is 5.97 Å². The molecule has 6 nitrogen and oxygen atoms in total. The molecule has 0 saturated carbocycles. The number of aliphatic imine (C=N–C) groups is 1. The van der Waals surface area contributed by atoms with E-state index >= 15 is 0 Å². The average molecular weight is 455 g/mol. The Labute approximate surface area is 190 Å². The molecular formula is C23H23ClN4O2S. The third-order valence-corrected chi connectivity index (χ3v) is 5.46. The molecule has 0 bridgehead atoms. The molecule has 0 saturated heterocycles. The number of halogens is 1. The summed E-state index contributed by atoms with van der Waals surface area (Å²) in [4.78, 5) is 20.0. The molecule has 2 aromatic carbocycles. The average Bonchev–Trinajstić information content (AvgIpc) is 3.12. The van der Waals surface area contributed by atoms with Crippen LogP contribution in [0.4, 0.5) is 10.7 Å². The van der Waals surface area contributed by atoms with E-state index in [1.54, 1.807) is 30.4 Å². The molecule has 1 aromatic heterocycles. The van der Waals surface area contributed by atoms with Gasteiger partial charge < -0.3 is 9.64 Å². The highest BCUT2D eigenvalue weighted by Crippen LogP contribution is 2.43. The Morgan fingerprint density at radius 3 is 2.55 bits per heavy atom. The van der Waals surface area contributed by atoms with Crippen molar-refractivity contribution in [3.8, 4) is 11.1 Å². The Morgan fingerprint density at radius 2 is 1.87 bits per heavy atom. The molecule has 1 heterocycles. The van der Waals surface area contributed by atoms with Crippen LogP contribution >= 0.6 is 22.9 Å². The van der Waals surface area contributed by atoms with Crippen molar-refractivity contribution in [3.05, 3.63) is 70.1 Å². The first kappa shape index (κ1) is 22.5. The first-order valence-corrected chi connectivity index (χ1v) is 10.8. The van der Waals surface area contributed by atoms with Crippen LogP contribution < -0.4 is 5.43 Å². The van der Waals surface area contributed by atoms with Crippen molar-refractivity contribution < 1.29 is 9.53 Å². The van der Waals surface area contributed by atoms with Crippen LogP contribution in [0.25, 0.3) is 11.1 Å². The van der Waals surface area contributed by atoms with E-state index in [0.29, 0.717) is 21.2 Å². The zero-order valence-corrected chi connectivity index (χ0v) is 19.1. The van der Waals surface area contributed by atoms with Crippen molar-refractivity contribution >= 4 is 52.1 Å². The van der Waals surface area contributed by atoms with Gasteiger partial charge in [0.05, 0.1) is 29.7 Å². The van der Waals surface area contributed by atoms with Gasteiger partial charge in [-0.2, -0.15) is 5.10 Å². The van der Waals surface area contributed by atoms with Gasteiger partial charge >= 0.3 is 5.97 Å². The van der Waals surface area contributed by atoms with Crippen molar-refractivity contribution in [2.45, 2.75) is 6.92 Å². The van der Waals surface area contributed by atoms with Crippen molar-refractivity contribution in [1.82, 2.24) is 4.90 Å². The molecule has 0 aliphatic carbocycles. The highest BCUT2D eigenvalue weighted by molar-refractivity contribution is 7.18. The highest BCUT2D eigenvalue weighted by atomic mass is 35.5. The van der Waals surface area contributed by atoms with Gasteiger partial charge in [0.15, 0.2) is 0 Å². The lowest BCUT2D eigenvalue weighted by Crippen LogP contribution is -2.08. The number of anilines is 1. The fraction of sp³-hybridized carbons (Fsp3) is 0.174. The molecule has 0 aliphatic heterocycles. The predicted octanol–water partition coefficient (Wildman–Crippen LogP) is 5.91. The lowest BCUT2D eigenvalue weighted by atomic mass is 10.0. The quantitative estimate of drug-likeness (QED) is 0.199. The second-order valence-electron chi connectivity index (χ2n) is 6.67. The Morgan fingerprint density at radius 1 is 1.16 bits per heavy atom. The summed E-state index contributed by atoms with van der Waals surface area (Å²) in [5, 5.41) is 5.42. The second-order valence-corrected chi connectivity index (χ2v) is 8.10. The molecule has 0 spiro atoms. The van der Waals surface area contributed by atoms with E-state index in [-0.39, 0.29) is 6.61 Å². The Bertz CT molecular complexity index is 1090. The largest absolute Gasteiger partial charge is 0.462 e. The summed E-state index contributed by atoms with van der Waals surface area (Å²) in [5.74, 6) is -0.449. The minimum Gasteiger partial charge on any atom is -0.462 e. The number of ether oxygens (including phenoxy) is 1. The number of hydrazone groups is 1. The SMILES string of the molecule is CCOC(=O)c1c(/N=C/N(C)C)sc(/C=N/Nc2ccccc2)c1-c1ccccc1Cl. The Kier molecular flexibility index (Phi) is 7.81. The van der Waals surface area contributed by atoms with Crippen molar-refractivity contribution in [3.63, 3.8) is 0 Å². The maximum Gasteiger partial charge on any atom is 0.341 e. The number of thiophene rings is 1. The molecule has 1 N–H and O–H groups in total. The van der Waals surface area contributed by atoms with Gasteiger partial charge in [0.1, 0.15) is 10.6 Å². The van der Waals surface area contributed by atoms with Crippen LogP contribution in [0, 0.1) is 0 Å².